The van der Waals surface area contributed by atoms with Crippen LogP contribution >= 0.6 is 24.0 Å². The van der Waals surface area contributed by atoms with Crippen molar-refractivity contribution in [3.8, 4) is 5.75 Å². The van der Waals surface area contributed by atoms with Crippen LogP contribution in [0.1, 0.15) is 51.5 Å². The summed E-state index contributed by atoms with van der Waals surface area (Å²) in [5.74, 6) is 1.75. The minimum atomic E-state index is -0.213. The second-order valence-corrected chi connectivity index (χ2v) is 7.58. The molecule has 1 aromatic carbocycles. The third-order valence-electron chi connectivity index (χ3n) is 5.43. The fourth-order valence-corrected chi connectivity index (χ4v) is 3.52. The van der Waals surface area contributed by atoms with Crippen LogP contribution < -0.4 is 15.4 Å². The zero-order valence-electron chi connectivity index (χ0n) is 18.1. The Labute approximate surface area is 197 Å². The normalized spacial score (nSPS) is 17.5. The Balaban J connectivity index is 0.00000320. The minimum Gasteiger partial charge on any atom is -0.490 e. The van der Waals surface area contributed by atoms with Gasteiger partial charge in [0.25, 0.3) is 0 Å². The maximum absolute atomic E-state index is 11.9. The smallest absolute Gasteiger partial charge is 0.409 e. The van der Waals surface area contributed by atoms with E-state index in [1.54, 1.807) is 4.90 Å². The molecule has 0 radical (unpaired) electrons. The average Bonchev–Trinajstić information content (AvgIpc) is 2.70. The van der Waals surface area contributed by atoms with E-state index in [9.17, 15) is 4.79 Å². The lowest BCUT2D eigenvalue weighted by Crippen LogP contribution is -2.49. The van der Waals surface area contributed by atoms with Gasteiger partial charge in [-0.3, -0.25) is 0 Å². The van der Waals surface area contributed by atoms with Gasteiger partial charge in [0.05, 0.1) is 19.3 Å². The summed E-state index contributed by atoms with van der Waals surface area (Å²) in [5, 5.41) is 6.85. The molecule has 1 saturated heterocycles. The maximum atomic E-state index is 11.9. The summed E-state index contributed by atoms with van der Waals surface area (Å²) in [6.45, 7) is 7.09. The highest BCUT2D eigenvalue weighted by Crippen LogP contribution is 2.27. The summed E-state index contributed by atoms with van der Waals surface area (Å²) >= 11 is 0. The van der Waals surface area contributed by atoms with Gasteiger partial charge in [-0.25, -0.2) is 9.79 Å². The van der Waals surface area contributed by atoms with Crippen molar-refractivity contribution in [3.63, 3.8) is 0 Å². The van der Waals surface area contributed by atoms with Crippen molar-refractivity contribution in [3.05, 3.63) is 29.8 Å². The highest BCUT2D eigenvalue weighted by molar-refractivity contribution is 14.0. The van der Waals surface area contributed by atoms with Crippen molar-refractivity contribution in [2.75, 3.05) is 26.2 Å². The first-order valence-electron chi connectivity index (χ1n) is 10.9. The number of aliphatic imine (C=N–C) groups is 1. The average molecular weight is 530 g/mol. The van der Waals surface area contributed by atoms with E-state index in [0.717, 1.165) is 49.5 Å². The minimum absolute atomic E-state index is 0. The largest absolute Gasteiger partial charge is 0.490 e. The number of halogens is 1. The van der Waals surface area contributed by atoms with E-state index in [4.69, 9.17) is 14.5 Å². The molecule has 8 heteroatoms. The van der Waals surface area contributed by atoms with Gasteiger partial charge in [0.1, 0.15) is 5.75 Å². The summed E-state index contributed by atoms with van der Waals surface area (Å²) in [6, 6.07) is 8.46. The Hall–Kier alpha value is -1.71. The van der Waals surface area contributed by atoms with Gasteiger partial charge in [-0.2, -0.15) is 0 Å². The number of guanidine groups is 1. The van der Waals surface area contributed by atoms with Gasteiger partial charge in [-0.05, 0) is 52.0 Å². The number of benzene rings is 1. The molecule has 2 aliphatic rings. The molecular weight excluding hydrogens is 495 g/mol. The van der Waals surface area contributed by atoms with E-state index in [1.807, 2.05) is 25.1 Å². The van der Waals surface area contributed by atoms with Crippen molar-refractivity contribution in [1.82, 2.24) is 15.5 Å². The van der Waals surface area contributed by atoms with Gasteiger partial charge in [-0.15, -0.1) is 24.0 Å². The molecule has 2 N–H and O–H groups in total. The molecule has 0 atom stereocenters. The van der Waals surface area contributed by atoms with Crippen molar-refractivity contribution in [2.45, 2.75) is 64.6 Å². The topological polar surface area (TPSA) is 75.2 Å². The van der Waals surface area contributed by atoms with Crippen LogP contribution in [-0.2, 0) is 11.3 Å². The molecule has 168 valence electrons. The molecule has 0 aromatic heterocycles. The zero-order valence-corrected chi connectivity index (χ0v) is 20.4. The third-order valence-corrected chi connectivity index (χ3v) is 5.43. The summed E-state index contributed by atoms with van der Waals surface area (Å²) in [6.07, 6.45) is 5.45. The molecule has 1 aromatic rings. The van der Waals surface area contributed by atoms with Crippen LogP contribution in [0.2, 0.25) is 0 Å². The predicted molar refractivity (Wildman–Crippen MR) is 130 cm³/mol. The number of carbonyl (C=O) groups excluding carboxylic acids is 1. The van der Waals surface area contributed by atoms with E-state index < -0.39 is 0 Å². The Kier molecular flexibility index (Phi) is 10.5. The van der Waals surface area contributed by atoms with Gasteiger partial charge < -0.3 is 25.0 Å². The number of hydrogen-bond donors (Lipinski definition) is 2. The number of rotatable bonds is 7. The van der Waals surface area contributed by atoms with Gasteiger partial charge in [0.2, 0.25) is 0 Å². The molecule has 0 unspecified atom stereocenters. The van der Waals surface area contributed by atoms with Gasteiger partial charge in [0, 0.05) is 31.2 Å². The highest BCUT2D eigenvalue weighted by atomic mass is 127. The Morgan fingerprint density at radius 2 is 1.90 bits per heavy atom. The molecule has 30 heavy (non-hydrogen) atoms. The van der Waals surface area contributed by atoms with E-state index in [1.165, 1.54) is 6.42 Å². The Bertz CT molecular complexity index is 689. The number of nitrogens with zero attached hydrogens (tertiary/aromatic N) is 2. The van der Waals surface area contributed by atoms with Crippen LogP contribution in [-0.4, -0.2) is 55.3 Å². The highest BCUT2D eigenvalue weighted by Gasteiger charge is 2.24. The number of hydrogen-bond acceptors (Lipinski definition) is 4. The van der Waals surface area contributed by atoms with Crippen LogP contribution in [0, 0.1) is 0 Å². The molecule has 1 amide bonds. The number of piperidine rings is 1. The Morgan fingerprint density at radius 1 is 1.17 bits per heavy atom. The summed E-state index contributed by atoms with van der Waals surface area (Å²) in [7, 11) is 0. The van der Waals surface area contributed by atoms with E-state index in [0.29, 0.717) is 38.4 Å². The maximum Gasteiger partial charge on any atom is 0.409 e. The summed E-state index contributed by atoms with van der Waals surface area (Å²) in [5.41, 5.74) is 1.11. The lowest BCUT2D eigenvalue weighted by molar-refractivity contribution is 0.0963. The van der Waals surface area contributed by atoms with Crippen molar-refractivity contribution in [2.24, 2.45) is 4.99 Å². The number of para-hydroxylation sites is 1. The van der Waals surface area contributed by atoms with Crippen LogP contribution in [0.25, 0.3) is 0 Å². The number of carbonyl (C=O) groups is 1. The van der Waals surface area contributed by atoms with E-state index >= 15 is 0 Å². The lowest BCUT2D eigenvalue weighted by atomic mass is 9.96. The third kappa shape index (κ3) is 7.21. The molecule has 1 saturated carbocycles. The molecule has 1 heterocycles. The number of ether oxygens (including phenoxy) is 2. The first-order chi connectivity index (χ1) is 14.2. The van der Waals surface area contributed by atoms with Gasteiger partial charge in [0.15, 0.2) is 5.96 Å². The van der Waals surface area contributed by atoms with Crippen LogP contribution in [0.5, 0.6) is 5.75 Å². The van der Waals surface area contributed by atoms with Crippen LogP contribution in [0.4, 0.5) is 4.79 Å². The van der Waals surface area contributed by atoms with E-state index in [-0.39, 0.29) is 30.1 Å². The van der Waals surface area contributed by atoms with Gasteiger partial charge in [-0.1, -0.05) is 18.2 Å². The Morgan fingerprint density at radius 3 is 2.53 bits per heavy atom. The van der Waals surface area contributed by atoms with Crippen LogP contribution in [0.3, 0.4) is 0 Å². The monoisotopic (exact) mass is 530 g/mol. The van der Waals surface area contributed by atoms with Gasteiger partial charge >= 0.3 is 6.09 Å². The molecule has 2 fully saturated rings. The lowest BCUT2D eigenvalue weighted by Gasteiger charge is -2.32. The number of nitrogens with one attached hydrogen (secondary N) is 2. The number of likely N-dealkylation sites (tertiary alicyclic amines) is 1. The molecule has 7 nitrogen and oxygen atoms in total. The quantitative estimate of drug-likeness (QED) is 0.318. The van der Waals surface area contributed by atoms with Crippen LogP contribution in [0.15, 0.2) is 29.3 Å². The molecule has 0 bridgehead atoms. The second kappa shape index (κ2) is 12.9. The second-order valence-electron chi connectivity index (χ2n) is 7.58. The first kappa shape index (κ1) is 24.6. The fraction of sp³-hybridized carbons (Fsp3) is 0.636. The predicted octanol–water partition coefficient (Wildman–Crippen LogP) is 3.91. The molecule has 0 spiro atoms. The van der Waals surface area contributed by atoms with E-state index in [2.05, 4.69) is 23.6 Å². The zero-order chi connectivity index (χ0) is 20.5. The van der Waals surface area contributed by atoms with Crippen molar-refractivity contribution >= 4 is 36.0 Å². The fourth-order valence-electron chi connectivity index (χ4n) is 3.52. The van der Waals surface area contributed by atoms with Crippen molar-refractivity contribution < 1.29 is 14.3 Å². The molecule has 3 rings (SSSR count). The first-order valence-corrected chi connectivity index (χ1v) is 10.9. The number of amides is 1. The molecular formula is C22H35IN4O3. The molecule has 1 aliphatic heterocycles. The standard InChI is InChI=1S/C22H34N4O3.HI/c1-3-23-21(25-18-12-14-26(15-13-18)22(27)28-4-2)24-16-17-8-5-6-11-20(17)29-19-9-7-10-19;/h5-6,8,11,18-19H,3-4,7,9-10,12-16H2,1-2H3,(H2,23,24,25);1H. The van der Waals surface area contributed by atoms with Crippen molar-refractivity contribution in [1.29, 1.82) is 0 Å². The summed E-state index contributed by atoms with van der Waals surface area (Å²) < 4.78 is 11.2. The summed E-state index contributed by atoms with van der Waals surface area (Å²) in [4.78, 5) is 18.4. The SMILES string of the molecule is CCNC(=NCc1ccccc1OC1CCC1)NC1CCN(C(=O)OCC)CC1.I. The molecule has 1 aliphatic carbocycles.